The van der Waals surface area contributed by atoms with Crippen LogP contribution in [0.3, 0.4) is 0 Å². The standard InChI is InChI=1S/C17H28N2/c1-5-14-8-7-9-15(6-2)16(14)19-12-10-17(3,18-4)11-13-19/h7-9,18H,5-6,10-13H2,1-4H3. The molecule has 0 aliphatic carbocycles. The molecule has 19 heavy (non-hydrogen) atoms. The summed E-state index contributed by atoms with van der Waals surface area (Å²) in [5, 5.41) is 3.48. The highest BCUT2D eigenvalue weighted by atomic mass is 15.2. The second-order valence-electron chi connectivity index (χ2n) is 5.93. The second-order valence-corrected chi connectivity index (χ2v) is 5.93. The molecule has 0 atom stereocenters. The third-order valence-corrected chi connectivity index (χ3v) is 4.75. The van der Waals surface area contributed by atoms with Gasteiger partial charge in [-0.15, -0.1) is 0 Å². The first-order valence-electron chi connectivity index (χ1n) is 7.68. The Hall–Kier alpha value is -1.02. The molecule has 1 fully saturated rings. The largest absolute Gasteiger partial charge is 0.371 e. The first-order valence-corrected chi connectivity index (χ1v) is 7.68. The molecular weight excluding hydrogens is 232 g/mol. The lowest BCUT2D eigenvalue weighted by atomic mass is 9.88. The van der Waals surface area contributed by atoms with Crippen molar-refractivity contribution in [1.82, 2.24) is 5.32 Å². The number of para-hydroxylation sites is 1. The van der Waals surface area contributed by atoms with E-state index in [2.05, 4.69) is 56.2 Å². The van der Waals surface area contributed by atoms with Gasteiger partial charge >= 0.3 is 0 Å². The molecule has 0 radical (unpaired) electrons. The summed E-state index contributed by atoms with van der Waals surface area (Å²) in [6.07, 6.45) is 4.71. The van der Waals surface area contributed by atoms with E-state index in [1.807, 2.05) is 0 Å². The van der Waals surface area contributed by atoms with E-state index in [4.69, 9.17) is 0 Å². The fourth-order valence-corrected chi connectivity index (χ4v) is 3.10. The molecule has 106 valence electrons. The van der Waals surface area contributed by atoms with Gasteiger partial charge in [-0.05, 0) is 50.8 Å². The molecule has 0 aromatic heterocycles. The first kappa shape index (κ1) is 14.4. The summed E-state index contributed by atoms with van der Waals surface area (Å²) in [6, 6.07) is 6.80. The van der Waals surface area contributed by atoms with Crippen LogP contribution in [-0.2, 0) is 12.8 Å². The Morgan fingerprint density at radius 3 is 2.05 bits per heavy atom. The van der Waals surface area contributed by atoms with E-state index < -0.39 is 0 Å². The fraction of sp³-hybridized carbons (Fsp3) is 0.647. The molecule has 0 amide bonds. The third kappa shape index (κ3) is 2.94. The highest BCUT2D eigenvalue weighted by Crippen LogP contribution is 2.31. The maximum Gasteiger partial charge on any atom is 0.0431 e. The number of anilines is 1. The van der Waals surface area contributed by atoms with Gasteiger partial charge in [0.25, 0.3) is 0 Å². The molecule has 0 saturated carbocycles. The summed E-state index contributed by atoms with van der Waals surface area (Å²) >= 11 is 0. The Kier molecular flexibility index (Phi) is 4.51. The molecule has 1 saturated heterocycles. The van der Waals surface area contributed by atoms with E-state index in [-0.39, 0.29) is 0 Å². The molecule has 1 aliphatic rings. The van der Waals surface area contributed by atoms with E-state index in [9.17, 15) is 0 Å². The maximum atomic E-state index is 3.48. The first-order chi connectivity index (χ1) is 9.13. The molecule has 1 aromatic rings. The normalized spacial score (nSPS) is 18.6. The van der Waals surface area contributed by atoms with Gasteiger partial charge in [0.05, 0.1) is 0 Å². The third-order valence-electron chi connectivity index (χ3n) is 4.75. The Bertz CT molecular complexity index is 395. The Morgan fingerprint density at radius 2 is 1.63 bits per heavy atom. The number of nitrogens with zero attached hydrogens (tertiary/aromatic N) is 1. The maximum absolute atomic E-state index is 3.48. The zero-order chi connectivity index (χ0) is 13.9. The highest BCUT2D eigenvalue weighted by molar-refractivity contribution is 5.60. The molecule has 0 bridgehead atoms. The van der Waals surface area contributed by atoms with Crippen molar-refractivity contribution in [2.45, 2.75) is 52.0 Å². The van der Waals surface area contributed by atoms with Gasteiger partial charge in [-0.1, -0.05) is 32.0 Å². The van der Waals surface area contributed by atoms with Gasteiger partial charge in [-0.2, -0.15) is 0 Å². The number of nitrogens with one attached hydrogen (secondary N) is 1. The van der Waals surface area contributed by atoms with Crippen LogP contribution in [0.25, 0.3) is 0 Å². The lowest BCUT2D eigenvalue weighted by Crippen LogP contribution is -2.50. The van der Waals surface area contributed by atoms with Crippen LogP contribution in [0.15, 0.2) is 18.2 Å². The minimum Gasteiger partial charge on any atom is -0.371 e. The van der Waals surface area contributed by atoms with Crippen molar-refractivity contribution < 1.29 is 0 Å². The average molecular weight is 260 g/mol. The van der Waals surface area contributed by atoms with Crippen molar-refractivity contribution in [1.29, 1.82) is 0 Å². The smallest absolute Gasteiger partial charge is 0.0431 e. The van der Waals surface area contributed by atoms with Crippen LogP contribution in [0, 0.1) is 0 Å². The van der Waals surface area contributed by atoms with E-state index >= 15 is 0 Å². The Morgan fingerprint density at radius 1 is 1.11 bits per heavy atom. The molecule has 1 aliphatic heterocycles. The van der Waals surface area contributed by atoms with Crippen LogP contribution in [0.2, 0.25) is 0 Å². The zero-order valence-corrected chi connectivity index (χ0v) is 12.9. The molecule has 2 nitrogen and oxygen atoms in total. The molecule has 1 aromatic carbocycles. The van der Waals surface area contributed by atoms with Gasteiger partial charge in [0.2, 0.25) is 0 Å². The zero-order valence-electron chi connectivity index (χ0n) is 12.9. The summed E-state index contributed by atoms with van der Waals surface area (Å²) in [5.41, 5.74) is 4.86. The number of piperidine rings is 1. The highest BCUT2D eigenvalue weighted by Gasteiger charge is 2.29. The van der Waals surface area contributed by atoms with Gasteiger partial charge in [0, 0.05) is 24.3 Å². The minimum absolute atomic E-state index is 0.323. The van der Waals surface area contributed by atoms with Gasteiger partial charge in [-0.25, -0.2) is 0 Å². The van der Waals surface area contributed by atoms with E-state index in [1.165, 1.54) is 42.7 Å². The lowest BCUT2D eigenvalue weighted by Gasteiger charge is -2.41. The Labute approximate surface area is 118 Å². The van der Waals surface area contributed by atoms with Gasteiger partial charge in [-0.3, -0.25) is 0 Å². The van der Waals surface area contributed by atoms with Crippen LogP contribution < -0.4 is 10.2 Å². The number of benzene rings is 1. The van der Waals surface area contributed by atoms with E-state index in [0.29, 0.717) is 5.54 Å². The topological polar surface area (TPSA) is 15.3 Å². The Balaban J connectivity index is 2.23. The van der Waals surface area contributed by atoms with Gasteiger partial charge < -0.3 is 10.2 Å². The molecular formula is C17H28N2. The van der Waals surface area contributed by atoms with Crippen LogP contribution in [-0.4, -0.2) is 25.7 Å². The summed E-state index contributed by atoms with van der Waals surface area (Å²) in [4.78, 5) is 2.61. The van der Waals surface area contributed by atoms with E-state index in [0.717, 1.165) is 12.8 Å². The number of hydrogen-bond donors (Lipinski definition) is 1. The minimum atomic E-state index is 0.323. The molecule has 0 spiro atoms. The van der Waals surface area contributed by atoms with Crippen LogP contribution in [0.5, 0.6) is 0 Å². The van der Waals surface area contributed by atoms with Crippen molar-refractivity contribution in [3.63, 3.8) is 0 Å². The van der Waals surface area contributed by atoms with Crippen molar-refractivity contribution >= 4 is 5.69 Å². The molecule has 1 heterocycles. The summed E-state index contributed by atoms with van der Waals surface area (Å²) in [6.45, 7) is 9.21. The molecule has 2 rings (SSSR count). The number of rotatable bonds is 4. The van der Waals surface area contributed by atoms with Gasteiger partial charge in [0.1, 0.15) is 0 Å². The summed E-state index contributed by atoms with van der Waals surface area (Å²) in [5.74, 6) is 0. The van der Waals surface area contributed by atoms with Crippen molar-refractivity contribution in [3.8, 4) is 0 Å². The number of aryl methyl sites for hydroxylation is 2. The molecule has 1 N–H and O–H groups in total. The quantitative estimate of drug-likeness (QED) is 0.892. The second kappa shape index (κ2) is 5.96. The fourth-order valence-electron chi connectivity index (χ4n) is 3.10. The molecule has 2 heteroatoms. The van der Waals surface area contributed by atoms with Crippen LogP contribution in [0.1, 0.15) is 44.7 Å². The van der Waals surface area contributed by atoms with Gasteiger partial charge in [0.15, 0.2) is 0 Å². The SMILES string of the molecule is CCc1cccc(CC)c1N1CCC(C)(NC)CC1. The lowest BCUT2D eigenvalue weighted by molar-refractivity contribution is 0.305. The molecule has 0 unspecified atom stereocenters. The number of hydrogen-bond acceptors (Lipinski definition) is 2. The summed E-state index contributed by atoms with van der Waals surface area (Å²) < 4.78 is 0. The van der Waals surface area contributed by atoms with Crippen molar-refractivity contribution in [2.75, 3.05) is 25.0 Å². The monoisotopic (exact) mass is 260 g/mol. The van der Waals surface area contributed by atoms with Crippen molar-refractivity contribution in [2.24, 2.45) is 0 Å². The van der Waals surface area contributed by atoms with E-state index in [1.54, 1.807) is 0 Å². The van der Waals surface area contributed by atoms with Crippen LogP contribution in [0.4, 0.5) is 5.69 Å². The van der Waals surface area contributed by atoms with Crippen molar-refractivity contribution in [3.05, 3.63) is 29.3 Å². The predicted molar refractivity (Wildman–Crippen MR) is 84.1 cm³/mol. The van der Waals surface area contributed by atoms with Crippen LogP contribution >= 0.6 is 0 Å². The summed E-state index contributed by atoms with van der Waals surface area (Å²) in [7, 11) is 2.09. The average Bonchev–Trinajstić information content (AvgIpc) is 2.47. The predicted octanol–water partition coefficient (Wildman–Crippen LogP) is 3.39.